The Kier molecular flexibility index (Phi) is 6.39. The van der Waals surface area contributed by atoms with E-state index in [0.717, 1.165) is 22.3 Å². The third-order valence-electron chi connectivity index (χ3n) is 5.44. The molecule has 1 aromatic heterocycles. The summed E-state index contributed by atoms with van der Waals surface area (Å²) in [6.07, 6.45) is 0.000433. The van der Waals surface area contributed by atoms with Gasteiger partial charge in [-0.3, -0.25) is 9.59 Å². The van der Waals surface area contributed by atoms with Crippen LogP contribution >= 0.6 is 0 Å². The molecule has 0 saturated heterocycles. The Labute approximate surface area is 189 Å². The number of nitrogens with zero attached hydrogens (tertiary/aromatic N) is 1. The van der Waals surface area contributed by atoms with E-state index in [1.54, 1.807) is 6.92 Å². The number of ether oxygens (including phenoxy) is 1. The van der Waals surface area contributed by atoms with Crippen molar-refractivity contribution >= 4 is 18.0 Å². The second-order valence-corrected chi connectivity index (χ2v) is 7.68. The van der Waals surface area contributed by atoms with Crippen LogP contribution in [0.3, 0.4) is 0 Å². The molecule has 0 aliphatic heterocycles. The number of aromatic nitrogens is 1. The van der Waals surface area contributed by atoms with Gasteiger partial charge in [0.1, 0.15) is 18.4 Å². The van der Waals surface area contributed by atoms with E-state index in [2.05, 4.69) is 15.6 Å². The average molecular weight is 449 g/mol. The van der Waals surface area contributed by atoms with Gasteiger partial charge >= 0.3 is 12.1 Å². The number of carboxylic acid groups (broad SMARTS) is 1. The number of carboxylic acids is 1. The van der Waals surface area contributed by atoms with Gasteiger partial charge in [0.05, 0.1) is 19.2 Å². The third-order valence-corrected chi connectivity index (χ3v) is 5.44. The number of aliphatic carboxylic acids is 1. The molecule has 2 amide bonds. The van der Waals surface area contributed by atoms with E-state index in [0.29, 0.717) is 11.7 Å². The number of hydrogen-bond donors (Lipinski definition) is 3. The van der Waals surface area contributed by atoms with Gasteiger partial charge in [0.2, 0.25) is 5.91 Å². The Morgan fingerprint density at radius 3 is 2.30 bits per heavy atom. The lowest BCUT2D eigenvalue weighted by Gasteiger charge is -2.18. The van der Waals surface area contributed by atoms with Crippen molar-refractivity contribution in [3.05, 3.63) is 77.5 Å². The van der Waals surface area contributed by atoms with Crippen LogP contribution in [0.25, 0.3) is 11.1 Å². The van der Waals surface area contributed by atoms with E-state index in [9.17, 15) is 14.4 Å². The van der Waals surface area contributed by atoms with E-state index >= 15 is 0 Å². The lowest BCUT2D eigenvalue weighted by molar-refractivity contribution is -0.139. The first kappa shape index (κ1) is 22.1. The minimum atomic E-state index is -1.30. The number of alkyl carbamates (subject to hydrolysis) is 1. The molecule has 1 unspecified atom stereocenters. The molecule has 0 radical (unpaired) electrons. The van der Waals surface area contributed by atoms with E-state index in [4.69, 9.17) is 14.3 Å². The molecule has 0 fully saturated rings. The van der Waals surface area contributed by atoms with Gasteiger partial charge in [0, 0.05) is 12.8 Å². The first-order chi connectivity index (χ1) is 15.9. The summed E-state index contributed by atoms with van der Waals surface area (Å²) in [7, 11) is 0. The quantitative estimate of drug-likeness (QED) is 0.482. The van der Waals surface area contributed by atoms with Gasteiger partial charge in [-0.15, -0.1) is 0 Å². The molecule has 0 bridgehead atoms. The molecule has 33 heavy (non-hydrogen) atoms. The highest BCUT2D eigenvalue weighted by atomic mass is 16.5. The summed E-state index contributed by atoms with van der Waals surface area (Å²) in [5, 5.41) is 14.1. The summed E-state index contributed by atoms with van der Waals surface area (Å²) < 4.78 is 10.7. The topological polar surface area (TPSA) is 131 Å². The van der Waals surface area contributed by atoms with Crippen LogP contribution in [0.15, 0.2) is 59.1 Å². The second-order valence-electron chi connectivity index (χ2n) is 7.68. The number of hydrogen-bond acceptors (Lipinski definition) is 6. The highest BCUT2D eigenvalue weighted by Gasteiger charge is 2.30. The molecular weight excluding hydrogens is 426 g/mol. The lowest BCUT2D eigenvalue weighted by Crippen LogP contribution is -2.48. The smallest absolute Gasteiger partial charge is 0.407 e. The van der Waals surface area contributed by atoms with Crippen molar-refractivity contribution in [2.24, 2.45) is 0 Å². The normalized spacial score (nSPS) is 13.0. The number of amides is 2. The van der Waals surface area contributed by atoms with Gasteiger partial charge in [-0.2, -0.15) is 0 Å². The number of fused-ring (bicyclic) bond motifs is 3. The van der Waals surface area contributed by atoms with Crippen LogP contribution in [-0.4, -0.2) is 40.7 Å². The molecule has 9 nitrogen and oxygen atoms in total. The first-order valence-corrected chi connectivity index (χ1v) is 10.4. The number of oxazole rings is 1. The van der Waals surface area contributed by atoms with Crippen molar-refractivity contribution < 1.29 is 28.6 Å². The molecule has 3 aromatic rings. The maximum absolute atomic E-state index is 12.5. The maximum Gasteiger partial charge on any atom is 0.407 e. The number of carbonyl (C=O) groups excluding carboxylic acids is 2. The van der Waals surface area contributed by atoms with E-state index in [1.807, 2.05) is 48.5 Å². The molecular formula is C24H23N3O6. The summed E-state index contributed by atoms with van der Waals surface area (Å²) in [5.74, 6) is -1.19. The van der Waals surface area contributed by atoms with Crippen LogP contribution in [0.1, 0.15) is 35.1 Å². The molecule has 9 heteroatoms. The maximum atomic E-state index is 12.5. The summed E-state index contributed by atoms with van der Waals surface area (Å²) in [6, 6.07) is 14.5. The van der Waals surface area contributed by atoms with Gasteiger partial charge in [0.15, 0.2) is 5.89 Å². The number of benzene rings is 2. The van der Waals surface area contributed by atoms with Crippen molar-refractivity contribution in [2.45, 2.75) is 31.8 Å². The van der Waals surface area contributed by atoms with Gasteiger partial charge < -0.3 is 24.9 Å². The van der Waals surface area contributed by atoms with E-state index < -0.39 is 30.4 Å². The minimum Gasteiger partial charge on any atom is -0.481 e. The monoisotopic (exact) mass is 449 g/mol. The Hall–Kier alpha value is -4.14. The SMILES string of the molecule is Cc1ncc(CNC(=O)C(CC(=O)O)NC(=O)OCC2c3ccccc3-c3ccccc32)o1. The standard InChI is InChI=1S/C24H23N3O6/c1-14-25-11-15(33-14)12-26-23(30)21(10-22(28)29)27-24(31)32-13-20-18-8-4-2-6-16(18)17-7-3-5-9-19(17)20/h2-9,11,20-21H,10,12-13H2,1H3,(H,26,30)(H,27,31)(H,28,29). The Balaban J connectivity index is 1.38. The zero-order valence-corrected chi connectivity index (χ0v) is 17.9. The zero-order valence-electron chi connectivity index (χ0n) is 17.9. The largest absolute Gasteiger partial charge is 0.481 e. The number of nitrogens with one attached hydrogen (secondary N) is 2. The molecule has 2 aromatic carbocycles. The lowest BCUT2D eigenvalue weighted by atomic mass is 9.98. The fourth-order valence-electron chi connectivity index (χ4n) is 3.95. The highest BCUT2D eigenvalue weighted by Crippen LogP contribution is 2.44. The van der Waals surface area contributed by atoms with Crippen LogP contribution in [0, 0.1) is 6.92 Å². The van der Waals surface area contributed by atoms with Crippen LogP contribution in [0.5, 0.6) is 0 Å². The molecule has 0 saturated carbocycles. The molecule has 1 heterocycles. The number of rotatable bonds is 8. The van der Waals surface area contributed by atoms with Crippen LogP contribution < -0.4 is 10.6 Å². The zero-order chi connectivity index (χ0) is 23.4. The molecule has 0 spiro atoms. The summed E-state index contributed by atoms with van der Waals surface area (Å²) >= 11 is 0. The Morgan fingerprint density at radius 1 is 1.09 bits per heavy atom. The van der Waals surface area contributed by atoms with Crippen LogP contribution in [-0.2, 0) is 20.9 Å². The first-order valence-electron chi connectivity index (χ1n) is 10.4. The van der Waals surface area contributed by atoms with Gasteiger partial charge in [-0.05, 0) is 22.3 Å². The molecule has 1 atom stereocenters. The third kappa shape index (κ3) is 5.03. The predicted molar refractivity (Wildman–Crippen MR) is 117 cm³/mol. The fourth-order valence-corrected chi connectivity index (χ4v) is 3.95. The molecule has 1 aliphatic carbocycles. The Morgan fingerprint density at radius 2 is 1.73 bits per heavy atom. The van der Waals surface area contributed by atoms with Crippen molar-refractivity contribution in [1.82, 2.24) is 15.6 Å². The summed E-state index contributed by atoms with van der Waals surface area (Å²) in [5.41, 5.74) is 4.28. The van der Waals surface area contributed by atoms with Gasteiger partial charge in [0.25, 0.3) is 0 Å². The molecule has 170 valence electrons. The number of aryl methyl sites for hydroxylation is 1. The van der Waals surface area contributed by atoms with Crippen molar-refractivity contribution in [2.75, 3.05) is 6.61 Å². The predicted octanol–water partition coefficient (Wildman–Crippen LogP) is 2.98. The molecule has 3 N–H and O–H groups in total. The Bertz CT molecular complexity index is 1140. The highest BCUT2D eigenvalue weighted by molar-refractivity contribution is 5.89. The van der Waals surface area contributed by atoms with Crippen molar-refractivity contribution in [1.29, 1.82) is 0 Å². The van der Waals surface area contributed by atoms with E-state index in [1.165, 1.54) is 6.20 Å². The van der Waals surface area contributed by atoms with E-state index in [-0.39, 0.29) is 19.1 Å². The van der Waals surface area contributed by atoms with Gasteiger partial charge in [-0.25, -0.2) is 9.78 Å². The van der Waals surface area contributed by atoms with Gasteiger partial charge in [-0.1, -0.05) is 48.5 Å². The molecule has 4 rings (SSSR count). The summed E-state index contributed by atoms with van der Waals surface area (Å²) in [6.45, 7) is 1.73. The van der Waals surface area contributed by atoms with Crippen LogP contribution in [0.2, 0.25) is 0 Å². The molecule has 1 aliphatic rings. The fraction of sp³-hybridized carbons (Fsp3) is 0.250. The summed E-state index contributed by atoms with van der Waals surface area (Å²) in [4.78, 5) is 40.1. The second kappa shape index (κ2) is 9.56. The van der Waals surface area contributed by atoms with Crippen LogP contribution in [0.4, 0.5) is 4.79 Å². The number of carbonyl (C=O) groups is 3. The average Bonchev–Trinajstić information content (AvgIpc) is 3.36. The van der Waals surface area contributed by atoms with Crippen molar-refractivity contribution in [3.63, 3.8) is 0 Å². The van der Waals surface area contributed by atoms with Crippen molar-refractivity contribution in [3.8, 4) is 11.1 Å². The minimum absolute atomic E-state index is 0.0160.